The number of nitrogens with zero attached hydrogens (tertiary/aromatic N) is 2. The summed E-state index contributed by atoms with van der Waals surface area (Å²) in [7, 11) is 1.79. The SMILES string of the molecule is Cc1cc(Sc2ccc(N)cc2C(F)F)n(C)n1. The van der Waals surface area contributed by atoms with Crippen LogP contribution in [0.4, 0.5) is 14.5 Å². The maximum absolute atomic E-state index is 12.9. The van der Waals surface area contributed by atoms with Crippen LogP contribution in [0.15, 0.2) is 34.2 Å². The molecule has 1 aromatic carbocycles. The van der Waals surface area contributed by atoms with E-state index in [-0.39, 0.29) is 5.56 Å². The molecule has 2 aromatic rings. The predicted molar refractivity (Wildman–Crippen MR) is 67.9 cm³/mol. The Hall–Kier alpha value is -1.56. The first-order valence-electron chi connectivity index (χ1n) is 5.33. The van der Waals surface area contributed by atoms with Gasteiger partial charge in [0.05, 0.1) is 10.7 Å². The monoisotopic (exact) mass is 269 g/mol. The van der Waals surface area contributed by atoms with Gasteiger partial charge in [-0.3, -0.25) is 4.68 Å². The molecule has 0 saturated heterocycles. The molecule has 1 heterocycles. The lowest BCUT2D eigenvalue weighted by molar-refractivity contribution is 0.148. The average molecular weight is 269 g/mol. The lowest BCUT2D eigenvalue weighted by atomic mass is 10.2. The molecule has 2 rings (SSSR count). The Morgan fingerprint density at radius 1 is 1.33 bits per heavy atom. The molecule has 0 unspecified atom stereocenters. The van der Waals surface area contributed by atoms with Crippen molar-refractivity contribution in [1.29, 1.82) is 0 Å². The highest BCUT2D eigenvalue weighted by molar-refractivity contribution is 7.99. The van der Waals surface area contributed by atoms with E-state index in [9.17, 15) is 8.78 Å². The van der Waals surface area contributed by atoms with Crippen LogP contribution in [-0.2, 0) is 7.05 Å². The Morgan fingerprint density at radius 3 is 2.61 bits per heavy atom. The first-order valence-corrected chi connectivity index (χ1v) is 6.15. The molecule has 1 aromatic heterocycles. The Kier molecular flexibility index (Phi) is 3.56. The zero-order valence-corrected chi connectivity index (χ0v) is 10.8. The van der Waals surface area contributed by atoms with Gasteiger partial charge in [0.25, 0.3) is 6.43 Å². The van der Waals surface area contributed by atoms with Crippen LogP contribution >= 0.6 is 11.8 Å². The summed E-state index contributed by atoms with van der Waals surface area (Å²) < 4.78 is 27.5. The van der Waals surface area contributed by atoms with Gasteiger partial charge in [-0.05, 0) is 31.2 Å². The molecular formula is C12H13F2N3S. The highest BCUT2D eigenvalue weighted by Gasteiger charge is 2.15. The van der Waals surface area contributed by atoms with Crippen molar-refractivity contribution in [2.75, 3.05) is 5.73 Å². The summed E-state index contributed by atoms with van der Waals surface area (Å²) in [4.78, 5) is 0.502. The van der Waals surface area contributed by atoms with Crippen LogP contribution in [0, 0.1) is 6.92 Å². The number of alkyl halides is 2. The van der Waals surface area contributed by atoms with Crippen LogP contribution < -0.4 is 5.73 Å². The first-order chi connectivity index (χ1) is 8.47. The summed E-state index contributed by atoms with van der Waals surface area (Å²) in [5.74, 6) is 0. The Labute approximate surface area is 108 Å². The molecule has 3 nitrogen and oxygen atoms in total. The maximum atomic E-state index is 12.9. The number of benzene rings is 1. The van der Waals surface area contributed by atoms with E-state index in [0.29, 0.717) is 10.6 Å². The van der Waals surface area contributed by atoms with Crippen LogP contribution in [0.1, 0.15) is 17.7 Å². The van der Waals surface area contributed by atoms with Gasteiger partial charge in [0, 0.05) is 23.2 Å². The van der Waals surface area contributed by atoms with E-state index in [2.05, 4.69) is 5.10 Å². The zero-order valence-electron chi connectivity index (χ0n) is 10.0. The molecular weight excluding hydrogens is 256 g/mol. The summed E-state index contributed by atoms with van der Waals surface area (Å²) in [6.45, 7) is 1.86. The summed E-state index contributed by atoms with van der Waals surface area (Å²) in [6, 6.07) is 6.41. The normalized spacial score (nSPS) is 11.2. The van der Waals surface area contributed by atoms with Gasteiger partial charge in [-0.25, -0.2) is 8.78 Å². The smallest absolute Gasteiger partial charge is 0.265 e. The van der Waals surface area contributed by atoms with E-state index in [1.807, 2.05) is 13.0 Å². The molecule has 0 fully saturated rings. The van der Waals surface area contributed by atoms with Crippen molar-refractivity contribution < 1.29 is 8.78 Å². The second-order valence-corrected chi connectivity index (χ2v) is 5.01. The summed E-state index contributed by atoms with van der Waals surface area (Å²) in [6.07, 6.45) is -2.54. The number of halogens is 2. The minimum Gasteiger partial charge on any atom is -0.399 e. The fraction of sp³-hybridized carbons (Fsp3) is 0.250. The van der Waals surface area contributed by atoms with Gasteiger partial charge in [-0.15, -0.1) is 0 Å². The van der Waals surface area contributed by atoms with Crippen molar-refractivity contribution in [3.63, 3.8) is 0 Å². The number of aryl methyl sites for hydroxylation is 2. The Balaban J connectivity index is 2.37. The van der Waals surface area contributed by atoms with Gasteiger partial charge in [-0.2, -0.15) is 5.10 Å². The standard InChI is InChI=1S/C12H13F2N3S/c1-7-5-11(17(2)16-7)18-10-4-3-8(15)6-9(10)12(13)14/h3-6,12H,15H2,1-2H3. The van der Waals surface area contributed by atoms with Crippen LogP contribution in [0.25, 0.3) is 0 Å². The number of aromatic nitrogens is 2. The minimum atomic E-state index is -2.54. The molecule has 2 N–H and O–H groups in total. The fourth-order valence-electron chi connectivity index (χ4n) is 1.63. The van der Waals surface area contributed by atoms with E-state index in [1.54, 1.807) is 23.9 Å². The second kappa shape index (κ2) is 4.97. The number of hydrogen-bond acceptors (Lipinski definition) is 3. The van der Waals surface area contributed by atoms with Gasteiger partial charge in [-0.1, -0.05) is 11.8 Å². The van der Waals surface area contributed by atoms with Gasteiger partial charge < -0.3 is 5.73 Å². The molecule has 0 aliphatic carbocycles. The lowest BCUT2D eigenvalue weighted by Crippen LogP contribution is -1.95. The number of nitrogen functional groups attached to an aromatic ring is 1. The maximum Gasteiger partial charge on any atom is 0.265 e. The molecule has 0 bridgehead atoms. The second-order valence-electron chi connectivity index (χ2n) is 3.95. The van der Waals surface area contributed by atoms with E-state index in [1.165, 1.54) is 17.8 Å². The molecule has 96 valence electrons. The largest absolute Gasteiger partial charge is 0.399 e. The average Bonchev–Trinajstić information content (AvgIpc) is 2.60. The summed E-state index contributed by atoms with van der Waals surface area (Å²) in [5, 5.41) is 5.00. The first kappa shape index (κ1) is 12.9. The minimum absolute atomic E-state index is 0.0427. The lowest BCUT2D eigenvalue weighted by Gasteiger charge is -2.09. The molecule has 0 spiro atoms. The highest BCUT2D eigenvalue weighted by atomic mass is 32.2. The van der Waals surface area contributed by atoms with E-state index >= 15 is 0 Å². The van der Waals surface area contributed by atoms with Crippen molar-refractivity contribution >= 4 is 17.4 Å². The molecule has 0 saturated carbocycles. The zero-order chi connectivity index (χ0) is 13.3. The van der Waals surface area contributed by atoms with Gasteiger partial charge in [0.2, 0.25) is 0 Å². The van der Waals surface area contributed by atoms with Gasteiger partial charge in [0.1, 0.15) is 0 Å². The summed E-state index contributed by atoms with van der Waals surface area (Å²) in [5.41, 5.74) is 6.69. The van der Waals surface area contributed by atoms with E-state index < -0.39 is 6.43 Å². The van der Waals surface area contributed by atoms with Crippen molar-refractivity contribution in [2.45, 2.75) is 23.3 Å². The van der Waals surface area contributed by atoms with Crippen LogP contribution in [-0.4, -0.2) is 9.78 Å². The van der Waals surface area contributed by atoms with Crippen molar-refractivity contribution in [3.8, 4) is 0 Å². The number of rotatable bonds is 3. The third-order valence-electron chi connectivity index (χ3n) is 2.44. The van der Waals surface area contributed by atoms with Gasteiger partial charge >= 0.3 is 0 Å². The van der Waals surface area contributed by atoms with E-state index in [4.69, 9.17) is 5.73 Å². The molecule has 6 heteroatoms. The predicted octanol–water partition coefficient (Wildman–Crippen LogP) is 3.40. The topological polar surface area (TPSA) is 43.8 Å². The Morgan fingerprint density at radius 2 is 2.06 bits per heavy atom. The third kappa shape index (κ3) is 2.64. The molecule has 0 aliphatic heterocycles. The molecule has 18 heavy (non-hydrogen) atoms. The van der Waals surface area contributed by atoms with Crippen LogP contribution in [0.2, 0.25) is 0 Å². The summed E-state index contributed by atoms with van der Waals surface area (Å²) >= 11 is 1.26. The fourth-order valence-corrected chi connectivity index (χ4v) is 2.66. The highest BCUT2D eigenvalue weighted by Crippen LogP contribution is 2.36. The number of anilines is 1. The van der Waals surface area contributed by atoms with Crippen LogP contribution in [0.3, 0.4) is 0 Å². The van der Waals surface area contributed by atoms with Crippen molar-refractivity contribution in [1.82, 2.24) is 9.78 Å². The Bertz CT molecular complexity index is 566. The van der Waals surface area contributed by atoms with Crippen molar-refractivity contribution in [3.05, 3.63) is 35.5 Å². The number of nitrogens with two attached hydrogens (primary N) is 1. The third-order valence-corrected chi connectivity index (χ3v) is 3.63. The quantitative estimate of drug-likeness (QED) is 0.868. The van der Waals surface area contributed by atoms with Gasteiger partial charge in [0.15, 0.2) is 0 Å². The van der Waals surface area contributed by atoms with Crippen LogP contribution in [0.5, 0.6) is 0 Å². The molecule has 0 atom stereocenters. The molecule has 0 aliphatic rings. The molecule has 0 amide bonds. The van der Waals surface area contributed by atoms with Crippen molar-refractivity contribution in [2.24, 2.45) is 7.05 Å². The molecule has 0 radical (unpaired) electrons. The number of hydrogen-bond donors (Lipinski definition) is 1. The van der Waals surface area contributed by atoms with E-state index in [0.717, 1.165) is 10.7 Å².